The van der Waals surface area contributed by atoms with E-state index < -0.39 is 0 Å². The van der Waals surface area contributed by atoms with Crippen molar-refractivity contribution in [1.82, 2.24) is 10.6 Å². The van der Waals surface area contributed by atoms with Gasteiger partial charge in [0, 0.05) is 24.5 Å². The second kappa shape index (κ2) is 7.29. The van der Waals surface area contributed by atoms with Gasteiger partial charge in [-0.05, 0) is 45.4 Å². The molecular weight excluding hydrogens is 252 g/mol. The molecule has 0 bridgehead atoms. The molecule has 1 unspecified atom stereocenters. The summed E-state index contributed by atoms with van der Waals surface area (Å²) < 4.78 is 5.13. The largest absolute Gasteiger partial charge is 0.497 e. The molecule has 1 atom stereocenters. The molecule has 1 aromatic carbocycles. The molecule has 0 fully saturated rings. The van der Waals surface area contributed by atoms with Crippen molar-refractivity contribution in [2.24, 2.45) is 0 Å². The van der Waals surface area contributed by atoms with Crippen LogP contribution in [0.1, 0.15) is 45.7 Å². The van der Waals surface area contributed by atoms with E-state index in [9.17, 15) is 4.79 Å². The third-order valence-corrected chi connectivity index (χ3v) is 2.93. The van der Waals surface area contributed by atoms with Crippen LogP contribution in [0.3, 0.4) is 0 Å². The lowest BCUT2D eigenvalue weighted by Gasteiger charge is -2.21. The molecule has 1 aromatic rings. The van der Waals surface area contributed by atoms with Crippen LogP contribution >= 0.6 is 0 Å². The van der Waals surface area contributed by atoms with Gasteiger partial charge in [0.2, 0.25) is 5.91 Å². The third kappa shape index (κ3) is 6.06. The smallest absolute Gasteiger partial charge is 0.221 e. The first-order chi connectivity index (χ1) is 9.31. The average Bonchev–Trinajstić information content (AvgIpc) is 2.36. The topological polar surface area (TPSA) is 50.4 Å². The Morgan fingerprint density at radius 1 is 1.25 bits per heavy atom. The van der Waals surface area contributed by atoms with E-state index in [1.165, 1.54) is 5.56 Å². The van der Waals surface area contributed by atoms with E-state index in [0.717, 1.165) is 5.75 Å². The Kier molecular flexibility index (Phi) is 6.02. The molecule has 0 heterocycles. The molecule has 0 saturated carbocycles. The van der Waals surface area contributed by atoms with Gasteiger partial charge in [-0.3, -0.25) is 4.79 Å². The van der Waals surface area contributed by atoms with Gasteiger partial charge >= 0.3 is 0 Å². The molecule has 0 aliphatic heterocycles. The maximum Gasteiger partial charge on any atom is 0.221 e. The highest BCUT2D eigenvalue weighted by Gasteiger charge is 2.13. The monoisotopic (exact) mass is 278 g/mol. The molecule has 2 N–H and O–H groups in total. The van der Waals surface area contributed by atoms with Gasteiger partial charge in [0.1, 0.15) is 5.75 Å². The highest BCUT2D eigenvalue weighted by Crippen LogP contribution is 2.17. The molecule has 0 saturated heterocycles. The number of rotatable bonds is 6. The predicted molar refractivity (Wildman–Crippen MR) is 81.9 cm³/mol. The van der Waals surface area contributed by atoms with Crippen LogP contribution in [0.4, 0.5) is 0 Å². The van der Waals surface area contributed by atoms with Crippen LogP contribution in [0.2, 0.25) is 0 Å². The van der Waals surface area contributed by atoms with Crippen molar-refractivity contribution in [3.05, 3.63) is 29.8 Å². The van der Waals surface area contributed by atoms with E-state index in [-0.39, 0.29) is 17.5 Å². The van der Waals surface area contributed by atoms with Crippen LogP contribution in [0.5, 0.6) is 5.75 Å². The van der Waals surface area contributed by atoms with E-state index >= 15 is 0 Å². The van der Waals surface area contributed by atoms with Crippen molar-refractivity contribution in [2.45, 2.75) is 45.7 Å². The molecule has 0 aliphatic carbocycles. The SMILES string of the molecule is COc1ccc(C(C)NCCC(=O)NC(C)(C)C)cc1. The molecular formula is C16H26N2O2. The molecule has 4 heteroatoms. The highest BCUT2D eigenvalue weighted by atomic mass is 16.5. The van der Waals surface area contributed by atoms with Crippen molar-refractivity contribution >= 4 is 5.91 Å². The van der Waals surface area contributed by atoms with Gasteiger partial charge in [-0.15, -0.1) is 0 Å². The molecule has 0 aliphatic rings. The van der Waals surface area contributed by atoms with Gasteiger partial charge < -0.3 is 15.4 Å². The minimum Gasteiger partial charge on any atom is -0.497 e. The van der Waals surface area contributed by atoms with E-state index in [4.69, 9.17) is 4.74 Å². The van der Waals surface area contributed by atoms with Crippen LogP contribution in [0.15, 0.2) is 24.3 Å². The first-order valence-corrected chi connectivity index (χ1v) is 7.00. The fourth-order valence-electron chi connectivity index (χ4n) is 1.89. The lowest BCUT2D eigenvalue weighted by molar-refractivity contribution is -0.122. The summed E-state index contributed by atoms with van der Waals surface area (Å²) in [5.74, 6) is 0.928. The number of nitrogens with one attached hydrogen (secondary N) is 2. The maximum atomic E-state index is 11.7. The van der Waals surface area contributed by atoms with E-state index in [1.807, 2.05) is 45.0 Å². The second-order valence-corrected chi connectivity index (χ2v) is 6.00. The fourth-order valence-corrected chi connectivity index (χ4v) is 1.89. The third-order valence-electron chi connectivity index (χ3n) is 2.93. The summed E-state index contributed by atoms with van der Waals surface area (Å²) in [5.41, 5.74) is 1.01. The zero-order valence-corrected chi connectivity index (χ0v) is 13.1. The van der Waals surface area contributed by atoms with Crippen molar-refractivity contribution in [3.8, 4) is 5.75 Å². The van der Waals surface area contributed by atoms with E-state index in [2.05, 4.69) is 17.6 Å². The normalized spacial score (nSPS) is 12.8. The van der Waals surface area contributed by atoms with Crippen LogP contribution in [0.25, 0.3) is 0 Å². The molecule has 0 radical (unpaired) electrons. The van der Waals surface area contributed by atoms with Crippen molar-refractivity contribution < 1.29 is 9.53 Å². The molecule has 0 spiro atoms. The van der Waals surface area contributed by atoms with E-state index in [1.54, 1.807) is 7.11 Å². The zero-order chi connectivity index (χ0) is 15.2. The Morgan fingerprint density at radius 3 is 2.35 bits per heavy atom. The van der Waals surface area contributed by atoms with Crippen LogP contribution < -0.4 is 15.4 Å². The Hall–Kier alpha value is -1.55. The Labute approximate surface area is 121 Å². The van der Waals surface area contributed by atoms with Crippen molar-refractivity contribution in [1.29, 1.82) is 0 Å². The highest BCUT2D eigenvalue weighted by molar-refractivity contribution is 5.76. The molecule has 112 valence electrons. The second-order valence-electron chi connectivity index (χ2n) is 6.00. The van der Waals surface area contributed by atoms with Crippen LogP contribution in [-0.4, -0.2) is 25.1 Å². The number of ether oxygens (including phenoxy) is 1. The van der Waals surface area contributed by atoms with Crippen LogP contribution in [-0.2, 0) is 4.79 Å². The molecule has 0 aromatic heterocycles. The minimum atomic E-state index is -0.168. The number of carbonyl (C=O) groups is 1. The van der Waals surface area contributed by atoms with Crippen molar-refractivity contribution in [3.63, 3.8) is 0 Å². The number of carbonyl (C=O) groups excluding carboxylic acids is 1. The summed E-state index contributed by atoms with van der Waals surface area (Å²) in [6.45, 7) is 8.70. The molecule has 20 heavy (non-hydrogen) atoms. The predicted octanol–water partition coefficient (Wildman–Crippen LogP) is 2.65. The lowest BCUT2D eigenvalue weighted by Crippen LogP contribution is -2.41. The summed E-state index contributed by atoms with van der Waals surface area (Å²) in [6, 6.07) is 8.17. The minimum absolute atomic E-state index is 0.0759. The van der Waals surface area contributed by atoms with E-state index in [0.29, 0.717) is 13.0 Å². The van der Waals surface area contributed by atoms with Crippen molar-refractivity contribution in [2.75, 3.05) is 13.7 Å². The Balaban J connectivity index is 2.35. The van der Waals surface area contributed by atoms with Gasteiger partial charge in [-0.1, -0.05) is 12.1 Å². The number of hydrogen-bond acceptors (Lipinski definition) is 3. The summed E-state index contributed by atoms with van der Waals surface area (Å²) in [7, 11) is 1.66. The quantitative estimate of drug-likeness (QED) is 0.841. The standard InChI is InChI=1S/C16H26N2O2/c1-12(13-6-8-14(20-5)9-7-13)17-11-10-15(19)18-16(2,3)4/h6-9,12,17H,10-11H2,1-5H3,(H,18,19). The first-order valence-electron chi connectivity index (χ1n) is 7.00. The maximum absolute atomic E-state index is 11.7. The number of methoxy groups -OCH3 is 1. The summed E-state index contributed by atoms with van der Waals surface area (Å²) in [4.78, 5) is 11.7. The van der Waals surface area contributed by atoms with Gasteiger partial charge in [0.25, 0.3) is 0 Å². The van der Waals surface area contributed by atoms with Gasteiger partial charge in [-0.25, -0.2) is 0 Å². The Bertz CT molecular complexity index is 421. The van der Waals surface area contributed by atoms with Gasteiger partial charge in [-0.2, -0.15) is 0 Å². The summed E-state index contributed by atoms with van der Waals surface area (Å²) in [5, 5.41) is 6.30. The number of amides is 1. The zero-order valence-electron chi connectivity index (χ0n) is 13.1. The van der Waals surface area contributed by atoms with Gasteiger partial charge in [0.05, 0.1) is 7.11 Å². The average molecular weight is 278 g/mol. The number of benzene rings is 1. The van der Waals surface area contributed by atoms with Gasteiger partial charge in [0.15, 0.2) is 0 Å². The molecule has 1 amide bonds. The summed E-state index contributed by atoms with van der Waals surface area (Å²) in [6.07, 6.45) is 0.484. The number of hydrogen-bond donors (Lipinski definition) is 2. The fraction of sp³-hybridized carbons (Fsp3) is 0.562. The summed E-state index contributed by atoms with van der Waals surface area (Å²) >= 11 is 0. The lowest BCUT2D eigenvalue weighted by atomic mass is 10.1. The Morgan fingerprint density at radius 2 is 1.85 bits per heavy atom. The molecule has 1 rings (SSSR count). The first kappa shape index (κ1) is 16.5. The molecule has 4 nitrogen and oxygen atoms in total. The van der Waals surface area contributed by atoms with Crippen LogP contribution in [0, 0.1) is 0 Å².